The first kappa shape index (κ1) is 20.2. The highest BCUT2D eigenvalue weighted by atomic mass is 79.9. The third-order valence-electron chi connectivity index (χ3n) is 3.94. The van der Waals surface area contributed by atoms with Gasteiger partial charge in [0.1, 0.15) is 5.75 Å². The van der Waals surface area contributed by atoms with Crippen LogP contribution in [0, 0.1) is 5.92 Å². The summed E-state index contributed by atoms with van der Waals surface area (Å²) in [5.74, 6) is 1.04. The second-order valence-electron chi connectivity index (χ2n) is 5.62. The van der Waals surface area contributed by atoms with Crippen molar-refractivity contribution in [3.8, 4) is 5.75 Å². The molecule has 5 nitrogen and oxygen atoms in total. The Morgan fingerprint density at radius 1 is 1.52 bits per heavy atom. The molecule has 130 valence electrons. The number of carbonyl (C=O) groups is 1. The van der Waals surface area contributed by atoms with E-state index in [0.29, 0.717) is 13.1 Å². The Morgan fingerprint density at radius 2 is 2.30 bits per heavy atom. The Labute approximate surface area is 152 Å². The van der Waals surface area contributed by atoms with E-state index in [-0.39, 0.29) is 24.2 Å². The monoisotopic (exact) mass is 405 g/mol. The predicted molar refractivity (Wildman–Crippen MR) is 98.0 cm³/mol. The van der Waals surface area contributed by atoms with Crippen molar-refractivity contribution in [2.75, 3.05) is 33.3 Å². The van der Waals surface area contributed by atoms with Crippen LogP contribution in [0.1, 0.15) is 18.4 Å². The number of hydrogen-bond acceptors (Lipinski definition) is 4. The molecule has 2 rings (SSSR count). The Kier molecular flexibility index (Phi) is 8.91. The van der Waals surface area contributed by atoms with Gasteiger partial charge < -0.3 is 15.8 Å². The first-order chi connectivity index (χ1) is 10.6. The molecule has 23 heavy (non-hydrogen) atoms. The largest absolute Gasteiger partial charge is 0.496 e. The number of ether oxygens (including phenoxy) is 1. The van der Waals surface area contributed by atoms with Crippen LogP contribution in [-0.4, -0.2) is 44.1 Å². The number of amides is 1. The van der Waals surface area contributed by atoms with Gasteiger partial charge in [-0.2, -0.15) is 0 Å². The van der Waals surface area contributed by atoms with Crippen molar-refractivity contribution in [2.24, 2.45) is 11.7 Å². The molecule has 1 saturated heterocycles. The summed E-state index contributed by atoms with van der Waals surface area (Å²) in [6, 6.07) is 6.12. The van der Waals surface area contributed by atoms with E-state index < -0.39 is 0 Å². The van der Waals surface area contributed by atoms with E-state index in [1.54, 1.807) is 7.11 Å². The summed E-state index contributed by atoms with van der Waals surface area (Å²) in [6.07, 6.45) is 2.01. The van der Waals surface area contributed by atoms with Gasteiger partial charge >= 0.3 is 0 Å². The van der Waals surface area contributed by atoms with Crippen LogP contribution in [0.2, 0.25) is 0 Å². The quantitative estimate of drug-likeness (QED) is 0.760. The normalized spacial score (nSPS) is 18.1. The molecule has 1 aliphatic rings. The molecule has 1 amide bonds. The minimum Gasteiger partial charge on any atom is -0.496 e. The number of nitrogens with two attached hydrogens (primary N) is 1. The molecule has 1 unspecified atom stereocenters. The molecule has 1 heterocycles. The molecule has 3 N–H and O–H groups in total. The van der Waals surface area contributed by atoms with E-state index in [4.69, 9.17) is 10.5 Å². The molecule has 0 spiro atoms. The Morgan fingerprint density at radius 3 is 2.96 bits per heavy atom. The molecule has 1 aliphatic heterocycles. The highest BCUT2D eigenvalue weighted by Crippen LogP contribution is 2.27. The van der Waals surface area contributed by atoms with Crippen LogP contribution < -0.4 is 15.8 Å². The number of methoxy groups -OCH3 is 1. The minimum atomic E-state index is 0. The molecule has 0 saturated carbocycles. The number of halogens is 2. The second-order valence-corrected chi connectivity index (χ2v) is 6.48. The maximum absolute atomic E-state index is 12.1. The van der Waals surface area contributed by atoms with Gasteiger partial charge in [0.05, 0.1) is 17.5 Å². The van der Waals surface area contributed by atoms with E-state index in [1.165, 1.54) is 5.56 Å². The predicted octanol–water partition coefficient (Wildman–Crippen LogP) is 2.17. The highest BCUT2D eigenvalue weighted by molar-refractivity contribution is 9.10. The number of benzene rings is 1. The molecular formula is C16H25BrClN3O2. The summed E-state index contributed by atoms with van der Waals surface area (Å²) >= 11 is 3.52. The molecule has 0 aromatic heterocycles. The summed E-state index contributed by atoms with van der Waals surface area (Å²) in [5.41, 5.74) is 6.65. The average molecular weight is 407 g/mol. The Balaban J connectivity index is 0.00000264. The molecule has 1 fully saturated rings. The fourth-order valence-corrected chi connectivity index (χ4v) is 3.41. The number of rotatable bonds is 6. The van der Waals surface area contributed by atoms with Crippen LogP contribution in [0.5, 0.6) is 5.75 Å². The first-order valence-corrected chi connectivity index (χ1v) is 8.46. The van der Waals surface area contributed by atoms with Crippen molar-refractivity contribution < 1.29 is 9.53 Å². The van der Waals surface area contributed by atoms with E-state index in [0.717, 1.165) is 42.7 Å². The van der Waals surface area contributed by atoms with Gasteiger partial charge in [-0.25, -0.2) is 0 Å². The van der Waals surface area contributed by atoms with Gasteiger partial charge in [-0.3, -0.25) is 9.69 Å². The summed E-state index contributed by atoms with van der Waals surface area (Å²) in [5, 5.41) is 2.90. The molecule has 0 bridgehead atoms. The van der Waals surface area contributed by atoms with Crippen LogP contribution in [0.25, 0.3) is 0 Å². The summed E-state index contributed by atoms with van der Waals surface area (Å²) in [6.45, 7) is 3.73. The minimum absolute atomic E-state index is 0. The van der Waals surface area contributed by atoms with Gasteiger partial charge in [0.15, 0.2) is 0 Å². The zero-order chi connectivity index (χ0) is 15.9. The fraction of sp³-hybridized carbons (Fsp3) is 0.562. The molecule has 1 atom stereocenters. The smallest absolute Gasteiger partial charge is 0.224 e. The van der Waals surface area contributed by atoms with Crippen molar-refractivity contribution in [2.45, 2.75) is 19.4 Å². The van der Waals surface area contributed by atoms with Gasteiger partial charge in [-0.1, -0.05) is 6.07 Å². The lowest BCUT2D eigenvalue weighted by atomic mass is 9.96. The SMILES string of the molecule is COc1ccc(CN2CCCC(C(=O)NCCN)C2)cc1Br.Cl. The third-order valence-corrected chi connectivity index (χ3v) is 4.56. The van der Waals surface area contributed by atoms with Crippen LogP contribution in [0.3, 0.4) is 0 Å². The van der Waals surface area contributed by atoms with Crippen LogP contribution in [0.4, 0.5) is 0 Å². The molecule has 7 heteroatoms. The van der Waals surface area contributed by atoms with Gasteiger partial charge in [0.2, 0.25) is 5.91 Å². The maximum Gasteiger partial charge on any atom is 0.224 e. The maximum atomic E-state index is 12.1. The zero-order valence-electron chi connectivity index (χ0n) is 13.4. The molecule has 1 aromatic carbocycles. The van der Waals surface area contributed by atoms with Crippen molar-refractivity contribution in [1.82, 2.24) is 10.2 Å². The lowest BCUT2D eigenvalue weighted by molar-refractivity contribution is -0.126. The number of nitrogens with zero attached hydrogens (tertiary/aromatic N) is 1. The lowest BCUT2D eigenvalue weighted by Gasteiger charge is -2.32. The lowest BCUT2D eigenvalue weighted by Crippen LogP contribution is -2.43. The van der Waals surface area contributed by atoms with Gasteiger partial charge in [-0.05, 0) is 53.0 Å². The second kappa shape index (κ2) is 10.1. The molecule has 1 aromatic rings. The van der Waals surface area contributed by atoms with Crippen molar-refractivity contribution in [1.29, 1.82) is 0 Å². The van der Waals surface area contributed by atoms with Crippen molar-refractivity contribution in [3.05, 3.63) is 28.2 Å². The van der Waals surface area contributed by atoms with Gasteiger partial charge in [-0.15, -0.1) is 12.4 Å². The van der Waals surface area contributed by atoms with Crippen molar-refractivity contribution in [3.63, 3.8) is 0 Å². The highest BCUT2D eigenvalue weighted by Gasteiger charge is 2.25. The first-order valence-electron chi connectivity index (χ1n) is 7.66. The van der Waals surface area contributed by atoms with Crippen LogP contribution in [-0.2, 0) is 11.3 Å². The van der Waals surface area contributed by atoms with Crippen LogP contribution >= 0.6 is 28.3 Å². The van der Waals surface area contributed by atoms with E-state index in [1.807, 2.05) is 6.07 Å². The number of nitrogens with one attached hydrogen (secondary N) is 1. The number of piperidine rings is 1. The van der Waals surface area contributed by atoms with Crippen molar-refractivity contribution >= 4 is 34.2 Å². The van der Waals surface area contributed by atoms with Crippen LogP contribution in [0.15, 0.2) is 22.7 Å². The Hall–Kier alpha value is -0.820. The standard InChI is InChI=1S/C16H24BrN3O2.ClH/c1-22-15-5-4-12(9-14(15)17)10-20-8-2-3-13(11-20)16(21)19-7-6-18;/h4-5,9,13H,2-3,6-8,10-11,18H2,1H3,(H,19,21);1H. The zero-order valence-corrected chi connectivity index (χ0v) is 15.8. The van der Waals surface area contributed by atoms with E-state index in [9.17, 15) is 4.79 Å². The molecule has 0 aliphatic carbocycles. The average Bonchev–Trinajstić information content (AvgIpc) is 2.53. The number of likely N-dealkylation sites (tertiary alicyclic amines) is 1. The fourth-order valence-electron chi connectivity index (χ4n) is 2.82. The van der Waals surface area contributed by atoms with E-state index >= 15 is 0 Å². The summed E-state index contributed by atoms with van der Waals surface area (Å²) in [7, 11) is 1.66. The van der Waals surface area contributed by atoms with Gasteiger partial charge in [0.25, 0.3) is 0 Å². The number of carbonyl (C=O) groups excluding carboxylic acids is 1. The molecular weight excluding hydrogens is 382 g/mol. The number of hydrogen-bond donors (Lipinski definition) is 2. The molecule has 0 radical (unpaired) electrons. The van der Waals surface area contributed by atoms with Gasteiger partial charge in [0, 0.05) is 26.2 Å². The summed E-state index contributed by atoms with van der Waals surface area (Å²) < 4.78 is 6.21. The summed E-state index contributed by atoms with van der Waals surface area (Å²) in [4.78, 5) is 14.4. The van der Waals surface area contributed by atoms with E-state index in [2.05, 4.69) is 38.3 Å². The topological polar surface area (TPSA) is 67.6 Å². The third kappa shape index (κ3) is 5.95. The Bertz CT molecular complexity index is 516.